The molecule has 0 N–H and O–H groups in total. The molecule has 0 unspecified atom stereocenters. The van der Waals surface area contributed by atoms with E-state index in [9.17, 15) is 4.79 Å². The molecule has 0 aromatic rings. The molecule has 1 saturated heterocycles. The average Bonchev–Trinajstić information content (AvgIpc) is 2.42. The Kier molecular flexibility index (Phi) is 7.11. The zero-order valence-electron chi connectivity index (χ0n) is 17.3. The van der Waals surface area contributed by atoms with Gasteiger partial charge in [0.05, 0.1) is 18.2 Å². The summed E-state index contributed by atoms with van der Waals surface area (Å²) in [6, 6.07) is 2.13. The molecule has 6 heteroatoms. The van der Waals surface area contributed by atoms with Gasteiger partial charge in [-0.1, -0.05) is 20.8 Å². The predicted molar refractivity (Wildman–Crippen MR) is 103 cm³/mol. The number of nitriles is 1. The normalized spacial score (nSPS) is 22.4. The molecule has 1 amide bonds. The fourth-order valence-electron chi connectivity index (χ4n) is 2.82. The van der Waals surface area contributed by atoms with Crippen LogP contribution in [0.5, 0.6) is 0 Å². The molecule has 0 aromatic heterocycles. The zero-order valence-corrected chi connectivity index (χ0v) is 18.3. The third-order valence-electron chi connectivity index (χ3n) is 5.15. The van der Waals surface area contributed by atoms with Gasteiger partial charge in [0.1, 0.15) is 5.60 Å². The van der Waals surface area contributed by atoms with Crippen molar-refractivity contribution in [3.63, 3.8) is 0 Å². The van der Waals surface area contributed by atoms with E-state index in [-0.39, 0.29) is 23.3 Å². The standard InChI is InChI=1S/C19H36N2O3Si/c1-18(2,3)23-17(22)21-14-10-12-16(15(21)11-9-13-20)24-25(7,8)19(4,5)6/h15-16H,9-12,14H2,1-8H3/t15-,16-/m0/s1. The number of hydrogen-bond acceptors (Lipinski definition) is 4. The van der Waals surface area contributed by atoms with E-state index in [0.29, 0.717) is 19.4 Å². The van der Waals surface area contributed by atoms with Gasteiger partial charge >= 0.3 is 6.09 Å². The number of carbonyl (C=O) groups excluding carboxylic acids is 1. The van der Waals surface area contributed by atoms with Crippen molar-refractivity contribution in [3.05, 3.63) is 0 Å². The molecular formula is C19H36N2O3Si. The number of hydrogen-bond donors (Lipinski definition) is 0. The van der Waals surface area contributed by atoms with Crippen molar-refractivity contribution in [2.75, 3.05) is 6.54 Å². The van der Waals surface area contributed by atoms with Crippen LogP contribution in [0.2, 0.25) is 18.1 Å². The molecule has 0 aliphatic carbocycles. The highest BCUT2D eigenvalue weighted by Crippen LogP contribution is 2.39. The summed E-state index contributed by atoms with van der Waals surface area (Å²) in [7, 11) is -1.95. The van der Waals surface area contributed by atoms with Gasteiger partial charge < -0.3 is 14.1 Å². The highest BCUT2D eigenvalue weighted by atomic mass is 28.4. The van der Waals surface area contributed by atoms with E-state index in [1.165, 1.54) is 0 Å². The third-order valence-corrected chi connectivity index (χ3v) is 9.65. The molecule has 25 heavy (non-hydrogen) atoms. The molecule has 2 atom stereocenters. The summed E-state index contributed by atoms with van der Waals surface area (Å²) in [5.74, 6) is 0. The van der Waals surface area contributed by atoms with Crippen molar-refractivity contribution in [3.8, 4) is 6.07 Å². The lowest BCUT2D eigenvalue weighted by Gasteiger charge is -2.46. The molecule has 0 radical (unpaired) electrons. The SMILES string of the molecule is CC(C)(C)OC(=O)N1CCC[C@H](O[Si](C)(C)C(C)(C)C)[C@@H]1CCC#N. The van der Waals surface area contributed by atoms with Gasteiger partial charge in [0, 0.05) is 13.0 Å². The van der Waals surface area contributed by atoms with E-state index >= 15 is 0 Å². The Balaban J connectivity index is 3.00. The van der Waals surface area contributed by atoms with Crippen molar-refractivity contribution < 1.29 is 14.0 Å². The topological polar surface area (TPSA) is 62.6 Å². The molecule has 1 rings (SSSR count). The highest BCUT2D eigenvalue weighted by molar-refractivity contribution is 6.74. The van der Waals surface area contributed by atoms with Gasteiger partial charge in [-0.2, -0.15) is 5.26 Å². The number of rotatable bonds is 4. The van der Waals surface area contributed by atoms with Gasteiger partial charge in [0.25, 0.3) is 0 Å². The van der Waals surface area contributed by atoms with E-state index in [1.807, 2.05) is 20.8 Å². The summed E-state index contributed by atoms with van der Waals surface area (Å²) in [4.78, 5) is 14.5. The van der Waals surface area contributed by atoms with Crippen LogP contribution in [0.15, 0.2) is 0 Å². The minimum atomic E-state index is -1.95. The van der Waals surface area contributed by atoms with Gasteiger partial charge in [-0.15, -0.1) is 0 Å². The third kappa shape index (κ3) is 6.30. The molecule has 0 aromatic carbocycles. The quantitative estimate of drug-likeness (QED) is 0.649. The van der Waals surface area contributed by atoms with E-state index in [1.54, 1.807) is 4.90 Å². The van der Waals surface area contributed by atoms with Crippen molar-refractivity contribution in [1.82, 2.24) is 4.90 Å². The minimum absolute atomic E-state index is 0.0180. The molecule has 144 valence electrons. The summed E-state index contributed by atoms with van der Waals surface area (Å²) in [5, 5.41) is 9.15. The van der Waals surface area contributed by atoms with Gasteiger partial charge in [-0.05, 0) is 58.2 Å². The van der Waals surface area contributed by atoms with Crippen LogP contribution < -0.4 is 0 Å². The highest BCUT2D eigenvalue weighted by Gasteiger charge is 2.44. The van der Waals surface area contributed by atoms with Crippen LogP contribution in [0.4, 0.5) is 4.79 Å². The first-order valence-corrected chi connectivity index (χ1v) is 12.2. The van der Waals surface area contributed by atoms with Crippen LogP contribution in [0.1, 0.15) is 67.2 Å². The maximum atomic E-state index is 12.7. The molecule has 1 heterocycles. The number of nitrogens with zero attached hydrogens (tertiary/aromatic N) is 2. The lowest BCUT2D eigenvalue weighted by Crippen LogP contribution is -2.56. The second-order valence-corrected chi connectivity index (χ2v) is 14.3. The molecular weight excluding hydrogens is 332 g/mol. The number of likely N-dealkylation sites (tertiary alicyclic amines) is 1. The van der Waals surface area contributed by atoms with E-state index in [0.717, 1.165) is 12.8 Å². The van der Waals surface area contributed by atoms with Crippen LogP contribution in [0.3, 0.4) is 0 Å². The van der Waals surface area contributed by atoms with Crippen molar-refractivity contribution in [2.24, 2.45) is 0 Å². The first-order valence-electron chi connectivity index (χ1n) is 9.33. The second kappa shape index (κ2) is 8.09. The van der Waals surface area contributed by atoms with Gasteiger partial charge in [0.15, 0.2) is 8.32 Å². The lowest BCUT2D eigenvalue weighted by molar-refractivity contribution is -0.0210. The Morgan fingerprint density at radius 1 is 1.24 bits per heavy atom. The zero-order chi connectivity index (χ0) is 19.5. The van der Waals surface area contributed by atoms with Crippen LogP contribution in [0, 0.1) is 11.3 Å². The van der Waals surface area contributed by atoms with E-state index in [2.05, 4.69) is 39.9 Å². The average molecular weight is 369 g/mol. The maximum absolute atomic E-state index is 12.7. The van der Waals surface area contributed by atoms with Gasteiger partial charge in [-0.3, -0.25) is 0 Å². The summed E-state index contributed by atoms with van der Waals surface area (Å²) >= 11 is 0. The Morgan fingerprint density at radius 3 is 2.32 bits per heavy atom. The molecule has 1 aliphatic heterocycles. The smallest absolute Gasteiger partial charge is 0.410 e. The number of carbonyl (C=O) groups is 1. The molecule has 0 bridgehead atoms. The molecule has 1 fully saturated rings. The largest absolute Gasteiger partial charge is 0.444 e. The minimum Gasteiger partial charge on any atom is -0.444 e. The lowest BCUT2D eigenvalue weighted by atomic mass is 9.95. The first-order chi connectivity index (χ1) is 11.3. The van der Waals surface area contributed by atoms with Crippen LogP contribution in [-0.4, -0.2) is 43.6 Å². The fraction of sp³-hybridized carbons (Fsp3) is 0.895. The first kappa shape index (κ1) is 22.0. The Labute approximate surface area is 154 Å². The molecule has 1 aliphatic rings. The molecule has 0 spiro atoms. The molecule has 5 nitrogen and oxygen atoms in total. The Morgan fingerprint density at radius 2 is 1.84 bits per heavy atom. The Hall–Kier alpha value is -1.06. The summed E-state index contributed by atoms with van der Waals surface area (Å²) in [5.41, 5.74) is -0.524. The summed E-state index contributed by atoms with van der Waals surface area (Å²) < 4.78 is 12.2. The van der Waals surface area contributed by atoms with Crippen molar-refractivity contribution in [1.29, 1.82) is 5.26 Å². The maximum Gasteiger partial charge on any atom is 0.410 e. The molecule has 0 saturated carbocycles. The Bertz CT molecular complexity index is 500. The van der Waals surface area contributed by atoms with Crippen LogP contribution >= 0.6 is 0 Å². The van der Waals surface area contributed by atoms with Crippen LogP contribution in [0.25, 0.3) is 0 Å². The fourth-order valence-corrected chi connectivity index (χ4v) is 4.20. The van der Waals surface area contributed by atoms with Gasteiger partial charge in [-0.25, -0.2) is 4.79 Å². The van der Waals surface area contributed by atoms with Crippen LogP contribution in [-0.2, 0) is 9.16 Å². The number of ether oxygens (including phenoxy) is 1. The van der Waals surface area contributed by atoms with Crippen molar-refractivity contribution >= 4 is 14.4 Å². The monoisotopic (exact) mass is 368 g/mol. The number of piperidine rings is 1. The van der Waals surface area contributed by atoms with Crippen molar-refractivity contribution in [2.45, 2.75) is 103 Å². The van der Waals surface area contributed by atoms with Gasteiger partial charge in [0.2, 0.25) is 0 Å². The van der Waals surface area contributed by atoms with E-state index < -0.39 is 13.9 Å². The van der Waals surface area contributed by atoms with E-state index in [4.69, 9.17) is 14.4 Å². The summed E-state index contributed by atoms with van der Waals surface area (Å²) in [6.45, 7) is 17.4. The predicted octanol–water partition coefficient (Wildman–Crippen LogP) is 5.08. The summed E-state index contributed by atoms with van der Waals surface area (Å²) in [6.07, 6.45) is 2.58. The second-order valence-electron chi connectivity index (χ2n) is 9.50. The number of amides is 1.